The van der Waals surface area contributed by atoms with Gasteiger partial charge in [-0.15, -0.1) is 0 Å². The molecule has 0 bridgehead atoms. The maximum atomic E-state index is 5.40. The molecule has 2 heterocycles. The average Bonchev–Trinajstić information content (AvgIpc) is 1.51. The SMILES string of the molecule is c1ccc(-c2nc(-c3cc4c(c5ccccc35)-c3cc5ccccc5cc3C43c4ccccc4-c4ccccc43)nc3ccccc23)cc1.c1ccc(-c2nc(-c3ccccc3)nc(-c3cccc(-c4cc5c(c6ccccc46)-c4cc6ccccc6cc4C54c5ccccc5-c5ccccc54)c3)n2)cc1. The van der Waals surface area contributed by atoms with Crippen LogP contribution >= 0.6 is 0 Å². The van der Waals surface area contributed by atoms with Crippen LogP contribution in [0.2, 0.25) is 0 Å². The lowest BCUT2D eigenvalue weighted by atomic mass is 9.69. The summed E-state index contributed by atoms with van der Waals surface area (Å²) in [6.45, 7) is 0. The molecule has 19 aromatic rings. The van der Waals surface area contributed by atoms with E-state index in [9.17, 15) is 0 Å². The fourth-order valence-corrected chi connectivity index (χ4v) is 18.6. The van der Waals surface area contributed by atoms with E-state index in [2.05, 4.69) is 334 Å². The minimum atomic E-state index is -0.486. The second-order valence-electron chi connectivity index (χ2n) is 28.4. The zero-order valence-corrected chi connectivity index (χ0v) is 57.5. The molecule has 2 spiro atoms. The molecule has 4 aliphatic rings. The molecule has 490 valence electrons. The van der Waals surface area contributed by atoms with Crippen molar-refractivity contribution in [2.24, 2.45) is 0 Å². The van der Waals surface area contributed by atoms with Crippen molar-refractivity contribution in [3.8, 4) is 112 Å². The van der Waals surface area contributed by atoms with Crippen molar-refractivity contribution in [1.82, 2.24) is 24.9 Å². The molecular weight excluding hydrogens is 1280 g/mol. The Labute approximate surface area is 612 Å². The van der Waals surface area contributed by atoms with Gasteiger partial charge in [0, 0.05) is 33.2 Å². The molecule has 0 unspecified atom stereocenters. The van der Waals surface area contributed by atoms with Crippen LogP contribution in [0.1, 0.15) is 44.5 Å². The van der Waals surface area contributed by atoms with Crippen LogP contribution < -0.4 is 0 Å². The van der Waals surface area contributed by atoms with Gasteiger partial charge in [0.25, 0.3) is 0 Å². The first kappa shape index (κ1) is 59.8. The zero-order valence-electron chi connectivity index (χ0n) is 57.5. The molecule has 0 amide bonds. The Morgan fingerprint density at radius 3 is 1.00 bits per heavy atom. The number of rotatable bonds is 6. The highest BCUT2D eigenvalue weighted by Crippen LogP contribution is 2.67. The second-order valence-corrected chi connectivity index (χ2v) is 28.4. The van der Waals surface area contributed by atoms with Crippen LogP contribution in [0.5, 0.6) is 0 Å². The van der Waals surface area contributed by atoms with Crippen molar-refractivity contribution in [3.05, 3.63) is 415 Å². The fraction of sp³-hybridized carbons (Fsp3) is 0.0198. The summed E-state index contributed by atoms with van der Waals surface area (Å²) in [5.41, 5.74) is 29.3. The molecule has 106 heavy (non-hydrogen) atoms. The quantitative estimate of drug-likeness (QED) is 0.166. The largest absolute Gasteiger partial charge is 0.228 e. The predicted molar refractivity (Wildman–Crippen MR) is 435 cm³/mol. The Kier molecular flexibility index (Phi) is 13.2. The zero-order chi connectivity index (χ0) is 69.6. The summed E-state index contributed by atoms with van der Waals surface area (Å²) in [6.07, 6.45) is 0. The third-order valence-electron chi connectivity index (χ3n) is 22.9. The topological polar surface area (TPSA) is 64.5 Å². The van der Waals surface area contributed by atoms with Gasteiger partial charge >= 0.3 is 0 Å². The predicted octanol–water partition coefficient (Wildman–Crippen LogP) is 24.8. The van der Waals surface area contributed by atoms with Crippen molar-refractivity contribution in [2.45, 2.75) is 10.8 Å². The maximum Gasteiger partial charge on any atom is 0.164 e. The Morgan fingerprint density at radius 1 is 0.170 bits per heavy atom. The summed E-state index contributed by atoms with van der Waals surface area (Å²) >= 11 is 0. The van der Waals surface area contributed by atoms with E-state index in [0.29, 0.717) is 17.5 Å². The third-order valence-corrected chi connectivity index (χ3v) is 22.9. The summed E-state index contributed by atoms with van der Waals surface area (Å²) in [6, 6.07) is 134. The highest BCUT2D eigenvalue weighted by Gasteiger charge is 2.54. The van der Waals surface area contributed by atoms with Crippen LogP contribution in [0.3, 0.4) is 0 Å². The number of nitrogens with zero attached hydrogens (tertiary/aromatic N) is 5. The molecule has 23 rings (SSSR count). The van der Waals surface area contributed by atoms with Gasteiger partial charge in [-0.2, -0.15) is 0 Å². The minimum Gasteiger partial charge on any atom is -0.228 e. The van der Waals surface area contributed by atoms with Crippen LogP contribution in [0.4, 0.5) is 0 Å². The Balaban J connectivity index is 0.000000134. The molecule has 0 fully saturated rings. The van der Waals surface area contributed by atoms with E-state index in [1.807, 2.05) is 36.4 Å². The van der Waals surface area contributed by atoms with Gasteiger partial charge in [-0.3, -0.25) is 0 Å². The number of aromatic nitrogens is 5. The number of hydrogen-bond donors (Lipinski definition) is 0. The van der Waals surface area contributed by atoms with Crippen molar-refractivity contribution in [3.63, 3.8) is 0 Å². The molecule has 4 aliphatic carbocycles. The number of fused-ring (bicyclic) bond motifs is 27. The second kappa shape index (κ2) is 23.3. The monoisotopic (exact) mass is 1340 g/mol. The molecule has 0 aliphatic heterocycles. The smallest absolute Gasteiger partial charge is 0.164 e. The maximum absolute atomic E-state index is 5.40. The van der Waals surface area contributed by atoms with E-state index in [-0.39, 0.29) is 0 Å². The molecule has 5 heteroatoms. The van der Waals surface area contributed by atoms with Gasteiger partial charge in [0.2, 0.25) is 0 Å². The van der Waals surface area contributed by atoms with E-state index in [0.717, 1.165) is 61.2 Å². The molecule has 0 atom stereocenters. The molecule has 0 saturated carbocycles. The average molecular weight is 1340 g/mol. The van der Waals surface area contributed by atoms with Gasteiger partial charge < -0.3 is 0 Å². The van der Waals surface area contributed by atoms with E-state index < -0.39 is 10.8 Å². The van der Waals surface area contributed by atoms with Crippen LogP contribution in [0.25, 0.3) is 166 Å². The summed E-state index contributed by atoms with van der Waals surface area (Å²) in [7, 11) is 0. The molecular formula is C101H61N5. The van der Waals surface area contributed by atoms with Gasteiger partial charge in [0.05, 0.1) is 22.0 Å². The molecule has 5 nitrogen and oxygen atoms in total. The van der Waals surface area contributed by atoms with Gasteiger partial charge in [0.1, 0.15) is 0 Å². The Hall–Kier alpha value is -13.9. The standard InChI is InChI=1S/C54H33N3.C47H28N2/c1-3-16-34(17-4-1)51-55-52(35-18-5-2-6-19-35)57-53(56-51)39-23-15-22-38(30-39)44-33-49-50(43-27-10-9-24-40(43)44)45-31-36-20-7-8-21-37(36)32-48(45)54(49)46-28-13-11-25-41(46)42-26-12-14-29-47(42)54;1-2-14-29(15-3-1)45-36-22-10-13-25-43(36)48-46(49-45)37-28-42-44(35-21-7-6-18-32(35)37)38-26-30-16-4-5-17-31(30)27-41(38)47(42)39-23-11-8-19-33(39)34-20-9-12-24-40(34)47/h1-33H;1-28H. The van der Waals surface area contributed by atoms with Crippen molar-refractivity contribution in [1.29, 1.82) is 0 Å². The van der Waals surface area contributed by atoms with E-state index >= 15 is 0 Å². The Bertz CT molecular complexity index is 6750. The molecule has 17 aromatic carbocycles. The minimum absolute atomic E-state index is 0.484. The molecule has 0 N–H and O–H groups in total. The lowest BCUT2D eigenvalue weighted by Gasteiger charge is -2.31. The summed E-state index contributed by atoms with van der Waals surface area (Å²) in [5, 5.41) is 10.9. The Morgan fingerprint density at radius 2 is 0.519 bits per heavy atom. The summed E-state index contributed by atoms with van der Waals surface area (Å²) < 4.78 is 0. The first-order valence-electron chi connectivity index (χ1n) is 36.4. The van der Waals surface area contributed by atoms with Gasteiger partial charge in [0.15, 0.2) is 23.3 Å². The summed E-state index contributed by atoms with van der Waals surface area (Å²) in [5.74, 6) is 2.69. The van der Waals surface area contributed by atoms with E-state index in [4.69, 9.17) is 24.9 Å². The first-order chi connectivity index (χ1) is 52.6. The lowest BCUT2D eigenvalue weighted by Crippen LogP contribution is -2.26. The van der Waals surface area contributed by atoms with E-state index in [1.165, 1.54) is 132 Å². The lowest BCUT2D eigenvalue weighted by molar-refractivity contribution is 0.796. The number of benzene rings is 17. The number of hydrogen-bond acceptors (Lipinski definition) is 5. The highest BCUT2D eigenvalue weighted by atomic mass is 15.0. The van der Waals surface area contributed by atoms with Gasteiger partial charge in [-0.05, 0) is 192 Å². The van der Waals surface area contributed by atoms with Crippen molar-refractivity contribution >= 4 is 54.0 Å². The van der Waals surface area contributed by atoms with Crippen molar-refractivity contribution in [2.75, 3.05) is 0 Å². The van der Waals surface area contributed by atoms with E-state index in [1.54, 1.807) is 0 Å². The van der Waals surface area contributed by atoms with Gasteiger partial charge in [-0.25, -0.2) is 24.9 Å². The van der Waals surface area contributed by atoms with Crippen molar-refractivity contribution < 1.29 is 0 Å². The summed E-state index contributed by atoms with van der Waals surface area (Å²) in [4.78, 5) is 25.8. The molecule has 0 saturated heterocycles. The van der Waals surface area contributed by atoms with Crippen LogP contribution in [-0.4, -0.2) is 24.9 Å². The first-order valence-corrected chi connectivity index (χ1v) is 36.4. The molecule has 2 aromatic heterocycles. The third kappa shape index (κ3) is 8.68. The molecule has 0 radical (unpaired) electrons. The van der Waals surface area contributed by atoms with Crippen LogP contribution in [0, 0.1) is 0 Å². The van der Waals surface area contributed by atoms with Crippen LogP contribution in [0.15, 0.2) is 370 Å². The fourth-order valence-electron chi connectivity index (χ4n) is 18.6. The normalized spacial score (nSPS) is 13.2. The number of para-hydroxylation sites is 1. The highest BCUT2D eigenvalue weighted by molar-refractivity contribution is 6.15. The van der Waals surface area contributed by atoms with Gasteiger partial charge in [-0.1, -0.05) is 322 Å². The van der Waals surface area contributed by atoms with Crippen LogP contribution in [-0.2, 0) is 10.8 Å².